The number of carbonyl (C=O) groups is 3. The number of alkyl carbamates (subject to hydrolysis) is 1. The maximum Gasteiger partial charge on any atom is 0.408 e. The lowest BCUT2D eigenvalue weighted by Crippen LogP contribution is -2.54. The van der Waals surface area contributed by atoms with E-state index < -0.39 is 29.7 Å². The minimum Gasteiger partial charge on any atom is -0.444 e. The molecule has 2 N–H and O–H groups in total. The van der Waals surface area contributed by atoms with Crippen molar-refractivity contribution in [2.24, 2.45) is 5.92 Å². The predicted octanol–water partition coefficient (Wildman–Crippen LogP) is 6.16. The number of benzene rings is 2. The van der Waals surface area contributed by atoms with Gasteiger partial charge in [0.15, 0.2) is 0 Å². The molecular formula is C31H43N3O4. The monoisotopic (exact) mass is 521 g/mol. The van der Waals surface area contributed by atoms with Gasteiger partial charge in [-0.05, 0) is 71.1 Å². The van der Waals surface area contributed by atoms with Gasteiger partial charge in [0, 0.05) is 12.2 Å². The van der Waals surface area contributed by atoms with Crippen LogP contribution in [0.3, 0.4) is 0 Å². The van der Waals surface area contributed by atoms with Gasteiger partial charge in [-0.2, -0.15) is 0 Å². The van der Waals surface area contributed by atoms with E-state index in [-0.39, 0.29) is 18.4 Å². The van der Waals surface area contributed by atoms with Gasteiger partial charge in [0.25, 0.3) is 5.91 Å². The van der Waals surface area contributed by atoms with Crippen LogP contribution in [-0.4, -0.2) is 41.0 Å². The molecule has 0 saturated heterocycles. The average Bonchev–Trinajstić information content (AvgIpc) is 2.77. The molecule has 0 radical (unpaired) electrons. The second-order valence-corrected chi connectivity index (χ2v) is 11.2. The third kappa shape index (κ3) is 8.20. The van der Waals surface area contributed by atoms with Gasteiger partial charge in [0.1, 0.15) is 17.7 Å². The van der Waals surface area contributed by atoms with Gasteiger partial charge in [0.05, 0.1) is 0 Å². The summed E-state index contributed by atoms with van der Waals surface area (Å²) in [6, 6.07) is 9.77. The van der Waals surface area contributed by atoms with Crippen molar-refractivity contribution in [3.8, 4) is 0 Å². The second-order valence-electron chi connectivity index (χ2n) is 11.2. The summed E-state index contributed by atoms with van der Waals surface area (Å²) in [6.07, 6.45) is 0.899. The first-order valence-electron chi connectivity index (χ1n) is 13.0. The van der Waals surface area contributed by atoms with Crippen LogP contribution in [-0.2, 0) is 14.3 Å². The molecule has 3 amide bonds. The van der Waals surface area contributed by atoms with Crippen LogP contribution in [0.5, 0.6) is 0 Å². The van der Waals surface area contributed by atoms with Gasteiger partial charge < -0.3 is 20.3 Å². The van der Waals surface area contributed by atoms with E-state index in [0.29, 0.717) is 11.3 Å². The molecule has 2 aromatic rings. The Morgan fingerprint density at radius 3 is 2.03 bits per heavy atom. The maximum atomic E-state index is 14.1. The fourth-order valence-corrected chi connectivity index (χ4v) is 4.43. The van der Waals surface area contributed by atoms with Crippen molar-refractivity contribution >= 4 is 23.6 Å². The molecular weight excluding hydrogens is 478 g/mol. The highest BCUT2D eigenvalue weighted by Crippen LogP contribution is 2.29. The second kappa shape index (κ2) is 12.8. The van der Waals surface area contributed by atoms with Gasteiger partial charge in [-0.15, -0.1) is 6.58 Å². The van der Waals surface area contributed by atoms with E-state index in [9.17, 15) is 14.4 Å². The van der Waals surface area contributed by atoms with Crippen LogP contribution in [0.2, 0.25) is 0 Å². The molecule has 0 bridgehead atoms. The number of hydrogen-bond acceptors (Lipinski definition) is 4. The summed E-state index contributed by atoms with van der Waals surface area (Å²) >= 11 is 0. The number of rotatable bonds is 9. The van der Waals surface area contributed by atoms with Gasteiger partial charge >= 0.3 is 6.09 Å². The van der Waals surface area contributed by atoms with Crippen molar-refractivity contribution < 1.29 is 19.1 Å². The standard InChI is InChI=1S/C31H43N3O4/c1-11-15-34(29(36)25(19(2)3)33-30(37)38-31(8,9)10)27(24-17-20(4)16-21(5)18-24)28(35)32-26-22(6)13-12-14-23(26)7/h11-14,16-19,25,27H,1,15H2,2-10H3,(H,32,35)(H,33,37). The molecule has 2 atom stereocenters. The normalized spacial score (nSPS) is 12.9. The molecule has 2 unspecified atom stereocenters. The van der Waals surface area contributed by atoms with E-state index in [4.69, 9.17) is 4.74 Å². The summed E-state index contributed by atoms with van der Waals surface area (Å²) in [7, 11) is 0. The summed E-state index contributed by atoms with van der Waals surface area (Å²) in [5.41, 5.74) is 4.47. The molecule has 0 spiro atoms. The molecule has 0 aliphatic heterocycles. The number of para-hydroxylation sites is 1. The van der Waals surface area contributed by atoms with E-state index in [2.05, 4.69) is 17.2 Å². The first kappa shape index (κ1) is 30.6. The third-order valence-electron chi connectivity index (χ3n) is 6.06. The Labute approximate surface area is 227 Å². The Kier molecular flexibility index (Phi) is 10.3. The zero-order valence-corrected chi connectivity index (χ0v) is 24.3. The van der Waals surface area contributed by atoms with Crippen molar-refractivity contribution in [3.05, 3.63) is 76.9 Å². The van der Waals surface area contributed by atoms with Crippen molar-refractivity contribution in [2.45, 2.75) is 80.0 Å². The molecule has 0 heterocycles. The van der Waals surface area contributed by atoms with Crippen LogP contribution < -0.4 is 10.6 Å². The molecule has 7 heteroatoms. The van der Waals surface area contributed by atoms with Crippen LogP contribution in [0.1, 0.15) is 68.5 Å². The van der Waals surface area contributed by atoms with E-state index >= 15 is 0 Å². The quantitative estimate of drug-likeness (QED) is 0.387. The Morgan fingerprint density at radius 2 is 1.55 bits per heavy atom. The summed E-state index contributed by atoms with van der Waals surface area (Å²) < 4.78 is 5.42. The molecule has 0 fully saturated rings. The topological polar surface area (TPSA) is 87.7 Å². The van der Waals surface area contributed by atoms with Crippen molar-refractivity contribution in [2.75, 3.05) is 11.9 Å². The van der Waals surface area contributed by atoms with E-state index in [1.165, 1.54) is 4.90 Å². The molecule has 0 saturated carbocycles. The zero-order chi connectivity index (χ0) is 28.8. The number of amides is 3. The smallest absolute Gasteiger partial charge is 0.408 e. The molecule has 7 nitrogen and oxygen atoms in total. The Bertz CT molecular complexity index is 1140. The molecule has 2 aromatic carbocycles. The minimum atomic E-state index is -0.959. The number of ether oxygens (including phenoxy) is 1. The van der Waals surface area contributed by atoms with Gasteiger partial charge in [0.2, 0.25) is 5.91 Å². The molecule has 206 valence electrons. The fraction of sp³-hybridized carbons (Fsp3) is 0.452. The highest BCUT2D eigenvalue weighted by molar-refractivity contribution is 6.00. The number of nitrogens with zero attached hydrogens (tertiary/aromatic N) is 1. The Morgan fingerprint density at radius 1 is 1.00 bits per heavy atom. The number of carbonyl (C=O) groups excluding carboxylic acids is 3. The van der Waals surface area contributed by atoms with Gasteiger partial charge in [-0.1, -0.05) is 67.4 Å². The molecule has 0 aliphatic carbocycles. The van der Waals surface area contributed by atoms with Crippen LogP contribution in [0.15, 0.2) is 49.1 Å². The number of nitrogens with one attached hydrogen (secondary N) is 2. The molecule has 0 aromatic heterocycles. The first-order chi connectivity index (χ1) is 17.6. The molecule has 38 heavy (non-hydrogen) atoms. The predicted molar refractivity (Wildman–Crippen MR) is 153 cm³/mol. The van der Waals surface area contributed by atoms with Crippen molar-refractivity contribution in [3.63, 3.8) is 0 Å². The Hall–Kier alpha value is -3.61. The number of aryl methyl sites for hydroxylation is 4. The summed E-state index contributed by atoms with van der Waals surface area (Å²) in [5, 5.41) is 5.80. The highest BCUT2D eigenvalue weighted by Gasteiger charge is 2.37. The SMILES string of the molecule is C=CCN(C(=O)C(NC(=O)OC(C)(C)C)C(C)C)C(C(=O)Nc1c(C)cccc1C)c1cc(C)cc(C)c1. The fourth-order valence-electron chi connectivity index (χ4n) is 4.43. The summed E-state index contributed by atoms with van der Waals surface area (Å²) in [6.45, 7) is 20.7. The summed E-state index contributed by atoms with van der Waals surface area (Å²) in [4.78, 5) is 42.2. The van der Waals surface area contributed by atoms with Crippen LogP contribution >= 0.6 is 0 Å². The van der Waals surface area contributed by atoms with Gasteiger partial charge in [-0.25, -0.2) is 4.79 Å². The van der Waals surface area contributed by atoms with Crippen LogP contribution in [0.4, 0.5) is 10.5 Å². The lowest BCUT2D eigenvalue weighted by atomic mass is 9.96. The average molecular weight is 522 g/mol. The highest BCUT2D eigenvalue weighted by atomic mass is 16.6. The van der Waals surface area contributed by atoms with E-state index in [1.54, 1.807) is 26.8 Å². The molecule has 2 rings (SSSR count). The first-order valence-corrected chi connectivity index (χ1v) is 13.0. The van der Waals surface area contributed by atoms with Crippen LogP contribution in [0, 0.1) is 33.6 Å². The third-order valence-corrected chi connectivity index (χ3v) is 6.06. The number of hydrogen-bond donors (Lipinski definition) is 2. The zero-order valence-electron chi connectivity index (χ0n) is 24.3. The lowest BCUT2D eigenvalue weighted by molar-refractivity contribution is -0.141. The van der Waals surface area contributed by atoms with Crippen LogP contribution in [0.25, 0.3) is 0 Å². The van der Waals surface area contributed by atoms with Crippen molar-refractivity contribution in [1.82, 2.24) is 10.2 Å². The Balaban J connectivity index is 2.59. The minimum absolute atomic E-state index is 0.107. The lowest BCUT2D eigenvalue weighted by Gasteiger charge is -2.35. The largest absolute Gasteiger partial charge is 0.444 e. The van der Waals surface area contributed by atoms with E-state index in [0.717, 1.165) is 22.3 Å². The molecule has 0 aliphatic rings. The number of anilines is 1. The van der Waals surface area contributed by atoms with Crippen molar-refractivity contribution in [1.29, 1.82) is 0 Å². The maximum absolute atomic E-state index is 14.1. The summed E-state index contributed by atoms with van der Waals surface area (Å²) in [5.74, 6) is -1.00. The van der Waals surface area contributed by atoms with Gasteiger partial charge in [-0.3, -0.25) is 9.59 Å². The van der Waals surface area contributed by atoms with E-state index in [1.807, 2.05) is 77.9 Å².